The molecule has 33 heavy (non-hydrogen) atoms. The molecule has 0 aliphatic carbocycles. The van der Waals surface area contributed by atoms with Crippen molar-refractivity contribution in [3.05, 3.63) is 103 Å². The zero-order chi connectivity index (χ0) is 23.4. The Kier molecular flexibility index (Phi) is 8.34. The summed E-state index contributed by atoms with van der Waals surface area (Å²) in [5, 5.41) is 1.34. The van der Waals surface area contributed by atoms with Crippen molar-refractivity contribution in [2.24, 2.45) is 0 Å². The lowest BCUT2D eigenvalue weighted by molar-refractivity contribution is -0.174. The minimum Gasteiger partial charge on any atom is -0.358 e. The Hall–Kier alpha value is -1.60. The second-order valence-corrected chi connectivity index (χ2v) is 10.4. The summed E-state index contributed by atoms with van der Waals surface area (Å²) >= 11 is 14.6. The smallest absolute Gasteiger partial charge is 0.252 e. The van der Waals surface area contributed by atoms with Gasteiger partial charge in [0.2, 0.25) is 0 Å². The SMILES string of the molecule is CCCCN1C(=O)[C@H](Cc2ccc(I)cc2)O[C@@H](c2ccc(Cl)cc2)[C@H]1c1ccc(Cl)cc1. The van der Waals surface area contributed by atoms with Crippen molar-refractivity contribution in [2.45, 2.75) is 44.4 Å². The molecule has 3 atom stereocenters. The average molecular weight is 594 g/mol. The minimum atomic E-state index is -0.550. The molecule has 0 spiro atoms. The molecule has 0 bridgehead atoms. The molecule has 1 saturated heterocycles. The molecule has 0 saturated carbocycles. The highest BCUT2D eigenvalue weighted by molar-refractivity contribution is 14.1. The standard InChI is InChI=1S/C27H26Cl2INO2/c1-2-3-16-31-25(19-6-10-21(28)11-7-19)26(20-8-12-22(29)13-9-20)33-24(27(31)32)17-18-4-14-23(30)15-5-18/h4-15,24-26H,2-3,16-17H2,1H3/t24-,25+,26-/m0/s1. The first-order valence-corrected chi connectivity index (χ1v) is 13.0. The highest BCUT2D eigenvalue weighted by Crippen LogP contribution is 2.43. The van der Waals surface area contributed by atoms with Crippen molar-refractivity contribution in [1.82, 2.24) is 4.90 Å². The van der Waals surface area contributed by atoms with Gasteiger partial charge in [0.05, 0.1) is 6.04 Å². The second-order valence-electron chi connectivity index (χ2n) is 8.31. The van der Waals surface area contributed by atoms with Gasteiger partial charge in [-0.05, 0) is 82.1 Å². The first kappa shape index (κ1) is 24.5. The molecule has 3 aromatic rings. The number of nitrogens with zero attached hydrogens (tertiary/aromatic N) is 1. The van der Waals surface area contributed by atoms with Gasteiger partial charge in [-0.15, -0.1) is 0 Å². The van der Waals surface area contributed by atoms with Crippen LogP contribution in [0.25, 0.3) is 0 Å². The average Bonchev–Trinajstić information content (AvgIpc) is 2.82. The van der Waals surface area contributed by atoms with Gasteiger partial charge in [0, 0.05) is 26.6 Å². The molecule has 0 radical (unpaired) electrons. The van der Waals surface area contributed by atoms with Gasteiger partial charge in [0.25, 0.3) is 5.91 Å². The normalized spacial score (nSPS) is 20.8. The van der Waals surface area contributed by atoms with Crippen LogP contribution < -0.4 is 0 Å². The fourth-order valence-corrected chi connectivity index (χ4v) is 4.88. The molecule has 1 fully saturated rings. The Morgan fingerprint density at radius 2 is 1.45 bits per heavy atom. The van der Waals surface area contributed by atoms with Crippen LogP contribution in [-0.2, 0) is 16.0 Å². The lowest BCUT2D eigenvalue weighted by Crippen LogP contribution is -2.51. The van der Waals surface area contributed by atoms with E-state index in [9.17, 15) is 4.79 Å². The van der Waals surface area contributed by atoms with Crippen LogP contribution in [0.5, 0.6) is 0 Å². The van der Waals surface area contributed by atoms with Crippen LogP contribution in [0.4, 0.5) is 0 Å². The van der Waals surface area contributed by atoms with Crippen LogP contribution in [0.1, 0.15) is 48.6 Å². The topological polar surface area (TPSA) is 29.5 Å². The molecule has 4 rings (SSSR count). The third kappa shape index (κ3) is 5.91. The van der Waals surface area contributed by atoms with E-state index in [-0.39, 0.29) is 18.1 Å². The molecule has 3 aromatic carbocycles. The van der Waals surface area contributed by atoms with E-state index in [4.69, 9.17) is 27.9 Å². The van der Waals surface area contributed by atoms with Crippen LogP contribution in [0.15, 0.2) is 72.8 Å². The minimum absolute atomic E-state index is 0.0344. The first-order chi connectivity index (χ1) is 16.0. The summed E-state index contributed by atoms with van der Waals surface area (Å²) in [5.41, 5.74) is 3.10. The van der Waals surface area contributed by atoms with Gasteiger partial charge in [-0.1, -0.05) is 72.9 Å². The Bertz CT molecular complexity index is 1070. The van der Waals surface area contributed by atoms with Crippen molar-refractivity contribution >= 4 is 51.7 Å². The fourth-order valence-electron chi connectivity index (χ4n) is 4.27. The maximum atomic E-state index is 13.7. The van der Waals surface area contributed by atoms with Gasteiger partial charge in [-0.25, -0.2) is 0 Å². The largest absolute Gasteiger partial charge is 0.358 e. The van der Waals surface area contributed by atoms with Crippen LogP contribution in [-0.4, -0.2) is 23.5 Å². The van der Waals surface area contributed by atoms with Gasteiger partial charge >= 0.3 is 0 Å². The van der Waals surface area contributed by atoms with Crippen LogP contribution in [0.3, 0.4) is 0 Å². The Balaban J connectivity index is 1.74. The zero-order valence-corrected chi connectivity index (χ0v) is 22.1. The summed E-state index contributed by atoms with van der Waals surface area (Å²) in [4.78, 5) is 15.7. The van der Waals surface area contributed by atoms with Crippen LogP contribution in [0, 0.1) is 3.57 Å². The van der Waals surface area contributed by atoms with Gasteiger partial charge in [-0.3, -0.25) is 4.79 Å². The number of hydrogen-bond donors (Lipinski definition) is 0. The van der Waals surface area contributed by atoms with E-state index in [0.717, 1.165) is 29.5 Å². The molecule has 1 amide bonds. The molecular formula is C27H26Cl2INO2. The quantitative estimate of drug-likeness (QED) is 0.263. The molecule has 0 aromatic heterocycles. The number of hydrogen-bond acceptors (Lipinski definition) is 2. The molecule has 1 aliphatic heterocycles. The summed E-state index contributed by atoms with van der Waals surface area (Å²) in [7, 11) is 0. The maximum Gasteiger partial charge on any atom is 0.252 e. The lowest BCUT2D eigenvalue weighted by Gasteiger charge is -2.45. The molecule has 0 N–H and O–H groups in total. The van der Waals surface area contributed by atoms with Crippen molar-refractivity contribution in [1.29, 1.82) is 0 Å². The summed E-state index contributed by atoms with van der Waals surface area (Å²) in [5.74, 6) is 0.0344. The van der Waals surface area contributed by atoms with Gasteiger partial charge in [0.1, 0.15) is 12.2 Å². The molecule has 0 unspecified atom stereocenters. The van der Waals surface area contributed by atoms with Crippen molar-refractivity contribution in [3.63, 3.8) is 0 Å². The van der Waals surface area contributed by atoms with E-state index < -0.39 is 6.10 Å². The van der Waals surface area contributed by atoms with Gasteiger partial charge < -0.3 is 9.64 Å². The van der Waals surface area contributed by atoms with E-state index in [2.05, 4.69) is 53.8 Å². The van der Waals surface area contributed by atoms with Crippen LogP contribution in [0.2, 0.25) is 10.0 Å². The number of carbonyl (C=O) groups is 1. The number of morpholine rings is 1. The van der Waals surface area contributed by atoms with Crippen molar-refractivity contribution < 1.29 is 9.53 Å². The lowest BCUT2D eigenvalue weighted by atomic mass is 9.90. The molecular weight excluding hydrogens is 568 g/mol. The summed E-state index contributed by atoms with van der Waals surface area (Å²) in [6, 6.07) is 23.5. The Morgan fingerprint density at radius 3 is 2.03 bits per heavy atom. The number of carbonyl (C=O) groups excluding carboxylic acids is 1. The number of amides is 1. The summed E-state index contributed by atoms with van der Waals surface area (Å²) in [6.07, 6.45) is 1.61. The predicted octanol–water partition coefficient (Wildman–Crippen LogP) is 7.65. The van der Waals surface area contributed by atoms with E-state index in [1.54, 1.807) is 0 Å². The van der Waals surface area contributed by atoms with Crippen molar-refractivity contribution in [3.8, 4) is 0 Å². The van der Waals surface area contributed by atoms with Crippen molar-refractivity contribution in [2.75, 3.05) is 6.54 Å². The van der Waals surface area contributed by atoms with Gasteiger partial charge in [0.15, 0.2) is 0 Å². The molecule has 1 heterocycles. The van der Waals surface area contributed by atoms with Crippen LogP contribution >= 0.6 is 45.8 Å². The van der Waals surface area contributed by atoms with Gasteiger partial charge in [-0.2, -0.15) is 0 Å². The second kappa shape index (κ2) is 11.2. The summed E-state index contributed by atoms with van der Waals surface area (Å²) < 4.78 is 7.76. The molecule has 172 valence electrons. The molecule has 6 heteroatoms. The monoisotopic (exact) mass is 593 g/mol. The van der Waals surface area contributed by atoms with E-state index in [0.29, 0.717) is 23.0 Å². The number of unbranched alkanes of at least 4 members (excludes halogenated alkanes) is 1. The highest BCUT2D eigenvalue weighted by Gasteiger charge is 2.43. The number of rotatable bonds is 7. The maximum absolute atomic E-state index is 13.7. The highest BCUT2D eigenvalue weighted by atomic mass is 127. The first-order valence-electron chi connectivity index (χ1n) is 11.2. The Labute approximate surface area is 219 Å². The third-order valence-electron chi connectivity index (χ3n) is 5.99. The van der Waals surface area contributed by atoms with E-state index >= 15 is 0 Å². The summed E-state index contributed by atoms with van der Waals surface area (Å²) in [6.45, 7) is 2.82. The third-order valence-corrected chi connectivity index (χ3v) is 7.21. The zero-order valence-electron chi connectivity index (χ0n) is 18.4. The number of halogens is 3. The molecule has 3 nitrogen and oxygen atoms in total. The molecule has 1 aliphatic rings. The Morgan fingerprint density at radius 1 is 0.879 bits per heavy atom. The fraction of sp³-hybridized carbons (Fsp3) is 0.296. The van der Waals surface area contributed by atoms with E-state index in [1.807, 2.05) is 53.4 Å². The van der Waals surface area contributed by atoms with E-state index in [1.165, 1.54) is 3.57 Å². The predicted molar refractivity (Wildman–Crippen MR) is 143 cm³/mol. The number of ether oxygens (including phenoxy) is 1. The number of benzene rings is 3.